The van der Waals surface area contributed by atoms with Crippen LogP contribution in [0.2, 0.25) is 0 Å². The van der Waals surface area contributed by atoms with Gasteiger partial charge in [0, 0.05) is 17.0 Å². The van der Waals surface area contributed by atoms with Crippen molar-refractivity contribution in [2.24, 2.45) is 0 Å². The number of rotatable bonds is 10. The Kier molecular flexibility index (Phi) is 8.78. The highest BCUT2D eigenvalue weighted by Gasteiger charge is 2.28. The molecule has 38 heavy (non-hydrogen) atoms. The first-order valence-electron chi connectivity index (χ1n) is 12.1. The molecule has 0 spiro atoms. The van der Waals surface area contributed by atoms with E-state index in [2.05, 4.69) is 29.4 Å². The van der Waals surface area contributed by atoms with Gasteiger partial charge in [0.1, 0.15) is 28.7 Å². The van der Waals surface area contributed by atoms with Gasteiger partial charge in [0.15, 0.2) is 5.82 Å². The largest absolute Gasteiger partial charge is 0.492 e. The summed E-state index contributed by atoms with van der Waals surface area (Å²) in [4.78, 5) is 38.9. The fourth-order valence-electron chi connectivity index (χ4n) is 4.03. The Morgan fingerprint density at radius 2 is 1.79 bits per heavy atom. The van der Waals surface area contributed by atoms with Gasteiger partial charge >= 0.3 is 0 Å². The van der Waals surface area contributed by atoms with Gasteiger partial charge in [0.05, 0.1) is 10.3 Å². The molecular formula is C27H28ClN5O3S2. The lowest BCUT2D eigenvalue weighted by Gasteiger charge is -2.18. The van der Waals surface area contributed by atoms with E-state index in [1.54, 1.807) is 29.6 Å². The first-order chi connectivity index (χ1) is 18.0. The number of nitrogens with zero attached hydrogens (tertiary/aromatic N) is 3. The van der Waals surface area contributed by atoms with Gasteiger partial charge in [-0.1, -0.05) is 19.9 Å². The number of benzene rings is 1. The molecule has 0 radical (unpaired) electrons. The van der Waals surface area contributed by atoms with Gasteiger partial charge in [-0.15, -0.1) is 35.1 Å². The minimum Gasteiger partial charge on any atom is -0.492 e. The van der Waals surface area contributed by atoms with Crippen LogP contribution in [0.3, 0.4) is 0 Å². The van der Waals surface area contributed by atoms with Crippen LogP contribution in [0.25, 0.3) is 31.4 Å². The molecule has 0 atom stereocenters. The van der Waals surface area contributed by atoms with Crippen molar-refractivity contribution >= 4 is 62.9 Å². The van der Waals surface area contributed by atoms with Crippen molar-refractivity contribution in [1.29, 1.82) is 0 Å². The number of carbonyl (C=O) groups excluding carboxylic acids is 2. The Morgan fingerprint density at radius 3 is 2.42 bits per heavy atom. The second kappa shape index (κ2) is 12.0. The summed E-state index contributed by atoms with van der Waals surface area (Å²) in [7, 11) is 0. The molecule has 3 aromatic heterocycles. The number of nitrogens with one attached hydrogen (secondary N) is 2. The van der Waals surface area contributed by atoms with E-state index in [0.29, 0.717) is 23.8 Å². The quantitative estimate of drug-likeness (QED) is 0.241. The van der Waals surface area contributed by atoms with Gasteiger partial charge in [-0.3, -0.25) is 14.9 Å². The van der Waals surface area contributed by atoms with Gasteiger partial charge in [-0.25, -0.2) is 9.97 Å². The summed E-state index contributed by atoms with van der Waals surface area (Å²) in [6.45, 7) is 9.48. The molecule has 0 unspecified atom stereocenters. The monoisotopic (exact) mass is 569 g/mol. The lowest BCUT2D eigenvalue weighted by atomic mass is 10.1. The minimum absolute atomic E-state index is 0. The van der Waals surface area contributed by atoms with Crippen molar-refractivity contribution in [2.75, 3.05) is 31.6 Å². The first-order valence-corrected chi connectivity index (χ1v) is 13.8. The Hall–Kier alpha value is -3.31. The van der Waals surface area contributed by atoms with Crippen molar-refractivity contribution in [2.45, 2.75) is 20.8 Å². The van der Waals surface area contributed by atoms with E-state index in [9.17, 15) is 9.59 Å². The zero-order valence-corrected chi connectivity index (χ0v) is 23.7. The lowest BCUT2D eigenvalue weighted by Crippen LogP contribution is -2.27. The second-order valence-electron chi connectivity index (χ2n) is 8.51. The molecule has 0 saturated carbocycles. The van der Waals surface area contributed by atoms with E-state index in [0.717, 1.165) is 50.9 Å². The fraction of sp³-hybridized carbons (Fsp3) is 0.259. The summed E-state index contributed by atoms with van der Waals surface area (Å²) in [5, 5.41) is 8.19. The number of fused-ring (bicyclic) bond motifs is 1. The third-order valence-electron chi connectivity index (χ3n) is 6.26. The van der Waals surface area contributed by atoms with E-state index in [1.807, 2.05) is 47.8 Å². The van der Waals surface area contributed by atoms with E-state index in [1.165, 1.54) is 0 Å². The molecule has 0 bridgehead atoms. The smallest absolute Gasteiger partial charge is 0.275 e. The van der Waals surface area contributed by atoms with Crippen LogP contribution in [-0.4, -0.2) is 52.9 Å². The maximum Gasteiger partial charge on any atom is 0.275 e. The number of carbonyl (C=O) groups is 2. The summed E-state index contributed by atoms with van der Waals surface area (Å²) >= 11 is 3.09. The summed E-state index contributed by atoms with van der Waals surface area (Å²) in [5.74, 6) is 1.03. The molecule has 11 heteroatoms. The van der Waals surface area contributed by atoms with Gasteiger partial charge in [0.25, 0.3) is 11.8 Å². The Labute approximate surface area is 235 Å². The first kappa shape index (κ1) is 27.7. The average Bonchev–Trinajstić information content (AvgIpc) is 3.64. The summed E-state index contributed by atoms with van der Waals surface area (Å²) in [5.41, 5.74) is 1.58. The molecule has 5 rings (SSSR count). The van der Waals surface area contributed by atoms with Crippen molar-refractivity contribution < 1.29 is 14.3 Å². The van der Waals surface area contributed by atoms with E-state index in [4.69, 9.17) is 14.7 Å². The number of hydrogen-bond acceptors (Lipinski definition) is 9. The maximum atomic E-state index is 12.3. The van der Waals surface area contributed by atoms with Gasteiger partial charge in [-0.05, 0) is 67.4 Å². The zero-order valence-electron chi connectivity index (χ0n) is 21.2. The van der Waals surface area contributed by atoms with Crippen molar-refractivity contribution in [3.8, 4) is 26.9 Å². The molecule has 8 nitrogen and oxygen atoms in total. The van der Waals surface area contributed by atoms with Crippen LogP contribution in [-0.2, 0) is 9.59 Å². The summed E-state index contributed by atoms with van der Waals surface area (Å²) < 4.78 is 5.93. The summed E-state index contributed by atoms with van der Waals surface area (Å²) in [6.07, 6.45) is 0. The molecular weight excluding hydrogens is 542 g/mol. The summed E-state index contributed by atoms with van der Waals surface area (Å²) in [6, 6.07) is 13.9. The molecule has 2 amide bonds. The molecule has 198 valence electrons. The van der Waals surface area contributed by atoms with Crippen LogP contribution in [0.4, 0.5) is 5.82 Å². The highest BCUT2D eigenvalue weighted by atomic mass is 35.5. The Bertz CT molecular complexity index is 1480. The number of likely N-dealkylation sites (N-methyl/N-ethyl adjacent to an activating group) is 1. The molecule has 0 aliphatic carbocycles. The predicted molar refractivity (Wildman–Crippen MR) is 156 cm³/mol. The number of hydrogen-bond donors (Lipinski definition) is 2. The number of aromatic nitrogens is 2. The highest BCUT2D eigenvalue weighted by Crippen LogP contribution is 2.38. The number of imide groups is 1. The van der Waals surface area contributed by atoms with E-state index < -0.39 is 11.8 Å². The van der Waals surface area contributed by atoms with Gasteiger partial charge < -0.3 is 15.0 Å². The topological polar surface area (TPSA) is 96.5 Å². The number of halogens is 1. The van der Waals surface area contributed by atoms with Crippen molar-refractivity contribution in [1.82, 2.24) is 20.2 Å². The number of thiophene rings is 2. The van der Waals surface area contributed by atoms with Crippen molar-refractivity contribution in [3.05, 3.63) is 59.1 Å². The zero-order chi connectivity index (χ0) is 25.9. The minimum atomic E-state index is -0.459. The molecule has 1 aromatic carbocycles. The van der Waals surface area contributed by atoms with Crippen LogP contribution in [0.1, 0.15) is 20.8 Å². The third-order valence-corrected chi connectivity index (χ3v) is 8.20. The Morgan fingerprint density at radius 1 is 1.03 bits per heavy atom. The van der Waals surface area contributed by atoms with Crippen LogP contribution in [0, 0.1) is 0 Å². The number of anilines is 1. The maximum absolute atomic E-state index is 12.3. The lowest BCUT2D eigenvalue weighted by molar-refractivity contribution is -0.124. The standard InChI is InChI=1S/C27H27N5O3S2.ClH/c1-4-32(5-2)12-13-35-18-10-8-17(9-11-18)21-15-19-23(28-22-16(3)25(33)31-26(22)34)29-24(30-27(19)37-21)20-7-6-14-36-20;/h6-11,14-15H,4-5,12-13H2,1-3H3,(H2,28,29,30,31,33,34);1H. The molecule has 4 aromatic rings. The van der Waals surface area contributed by atoms with Crippen LogP contribution >= 0.6 is 35.1 Å². The fourth-order valence-corrected chi connectivity index (χ4v) is 5.73. The SMILES string of the molecule is CCN(CC)CCOc1ccc(-c2cc3c(NC4=C(C)C(=O)NC4=O)nc(-c4cccs4)nc3s2)cc1.Cl. The number of ether oxygens (including phenoxy) is 1. The molecule has 1 aliphatic heterocycles. The van der Waals surface area contributed by atoms with Gasteiger partial charge in [-0.2, -0.15) is 0 Å². The Balaban J connectivity index is 0.00000336. The van der Waals surface area contributed by atoms with Crippen LogP contribution in [0.5, 0.6) is 5.75 Å². The van der Waals surface area contributed by atoms with Crippen molar-refractivity contribution in [3.63, 3.8) is 0 Å². The van der Waals surface area contributed by atoms with Gasteiger partial charge in [0.2, 0.25) is 0 Å². The molecule has 0 saturated heterocycles. The van der Waals surface area contributed by atoms with E-state index >= 15 is 0 Å². The molecule has 1 aliphatic rings. The third kappa shape index (κ3) is 5.73. The molecule has 4 heterocycles. The number of amides is 2. The van der Waals surface area contributed by atoms with Crippen LogP contribution < -0.4 is 15.4 Å². The van der Waals surface area contributed by atoms with E-state index in [-0.39, 0.29) is 18.1 Å². The predicted octanol–water partition coefficient (Wildman–Crippen LogP) is 5.57. The second-order valence-corrected chi connectivity index (χ2v) is 10.5. The molecule has 0 fully saturated rings. The normalized spacial score (nSPS) is 13.3. The van der Waals surface area contributed by atoms with Crippen LogP contribution in [0.15, 0.2) is 59.1 Å². The highest BCUT2D eigenvalue weighted by molar-refractivity contribution is 7.22. The average molecular weight is 570 g/mol. The molecule has 2 N–H and O–H groups in total.